The average molecular weight is 212 g/mol. The van der Waals surface area contributed by atoms with Gasteiger partial charge in [0.2, 0.25) is 0 Å². The molecule has 0 aliphatic rings. The molecule has 1 aromatic carbocycles. The molecule has 15 heavy (non-hydrogen) atoms. The fourth-order valence-corrected chi connectivity index (χ4v) is 1.95. The van der Waals surface area contributed by atoms with E-state index in [-0.39, 0.29) is 0 Å². The molecular formula is C12H8N2S. The van der Waals surface area contributed by atoms with Gasteiger partial charge in [-0.3, -0.25) is 4.98 Å². The second-order valence-electron chi connectivity index (χ2n) is 3.44. The van der Waals surface area contributed by atoms with Crippen LogP contribution < -0.4 is 0 Å². The highest BCUT2D eigenvalue weighted by Gasteiger charge is 2.00. The van der Waals surface area contributed by atoms with Crippen LogP contribution in [-0.2, 0) is 0 Å². The molecule has 3 rings (SSSR count). The van der Waals surface area contributed by atoms with Crippen LogP contribution in [0.3, 0.4) is 0 Å². The van der Waals surface area contributed by atoms with Gasteiger partial charge in [-0.25, -0.2) is 0 Å². The molecule has 0 saturated carbocycles. The first-order valence-corrected chi connectivity index (χ1v) is 5.11. The maximum atomic E-state index is 5.09. The SMILES string of the molecule is S=c1cnc2c(ccc3ccc[nH]c32)c1. The fourth-order valence-electron chi connectivity index (χ4n) is 1.77. The number of hydrogen-bond acceptors (Lipinski definition) is 2. The van der Waals surface area contributed by atoms with E-state index in [4.69, 9.17) is 12.2 Å². The second-order valence-corrected chi connectivity index (χ2v) is 3.91. The van der Waals surface area contributed by atoms with Gasteiger partial charge in [0, 0.05) is 23.2 Å². The van der Waals surface area contributed by atoms with Crippen molar-refractivity contribution in [3.05, 3.63) is 47.2 Å². The third-order valence-electron chi connectivity index (χ3n) is 2.46. The van der Waals surface area contributed by atoms with Gasteiger partial charge in [0.1, 0.15) is 0 Å². The van der Waals surface area contributed by atoms with E-state index in [2.05, 4.69) is 22.1 Å². The maximum Gasteiger partial charge on any atom is 0.0943 e. The van der Waals surface area contributed by atoms with Crippen LogP contribution in [0.15, 0.2) is 42.7 Å². The molecule has 0 radical (unpaired) electrons. The van der Waals surface area contributed by atoms with Crippen molar-refractivity contribution in [1.29, 1.82) is 0 Å². The van der Waals surface area contributed by atoms with Crippen molar-refractivity contribution in [2.75, 3.05) is 0 Å². The van der Waals surface area contributed by atoms with Crippen LogP contribution in [0.4, 0.5) is 0 Å². The number of aromatic nitrogens is 2. The molecule has 2 nitrogen and oxygen atoms in total. The van der Waals surface area contributed by atoms with Crippen LogP contribution in [0.2, 0.25) is 0 Å². The van der Waals surface area contributed by atoms with Gasteiger partial charge >= 0.3 is 0 Å². The summed E-state index contributed by atoms with van der Waals surface area (Å²) in [6.45, 7) is 0. The smallest absolute Gasteiger partial charge is 0.0943 e. The largest absolute Gasteiger partial charge is 0.359 e. The van der Waals surface area contributed by atoms with E-state index >= 15 is 0 Å². The zero-order valence-corrected chi connectivity index (χ0v) is 8.71. The predicted molar refractivity (Wildman–Crippen MR) is 64.4 cm³/mol. The minimum atomic E-state index is 0.776. The summed E-state index contributed by atoms with van der Waals surface area (Å²) in [5.74, 6) is 0. The number of hydrogen-bond donors (Lipinski definition) is 1. The van der Waals surface area contributed by atoms with Gasteiger partial charge in [0.15, 0.2) is 0 Å². The monoisotopic (exact) mass is 212 g/mol. The minimum Gasteiger partial charge on any atom is -0.359 e. The number of nitrogens with zero attached hydrogens (tertiary/aromatic N) is 1. The van der Waals surface area contributed by atoms with Crippen molar-refractivity contribution >= 4 is 34.0 Å². The summed E-state index contributed by atoms with van der Waals surface area (Å²) in [5.41, 5.74) is 2.03. The highest BCUT2D eigenvalue weighted by Crippen LogP contribution is 2.21. The van der Waals surface area contributed by atoms with Crippen molar-refractivity contribution in [1.82, 2.24) is 9.97 Å². The molecule has 2 heterocycles. The summed E-state index contributed by atoms with van der Waals surface area (Å²) < 4.78 is 0.776. The van der Waals surface area contributed by atoms with Gasteiger partial charge in [-0.05, 0) is 12.1 Å². The number of fused-ring (bicyclic) bond motifs is 3. The second kappa shape index (κ2) is 3.14. The molecule has 0 unspecified atom stereocenters. The molecule has 0 aliphatic carbocycles. The summed E-state index contributed by atoms with van der Waals surface area (Å²) in [7, 11) is 0. The third kappa shape index (κ3) is 1.32. The zero-order valence-electron chi connectivity index (χ0n) is 7.90. The Kier molecular flexibility index (Phi) is 1.79. The molecule has 2 aromatic heterocycles. The van der Waals surface area contributed by atoms with Crippen LogP contribution in [-0.4, -0.2) is 9.97 Å². The number of H-pyrrole nitrogens is 1. The first-order chi connectivity index (χ1) is 7.34. The Morgan fingerprint density at radius 1 is 1.13 bits per heavy atom. The lowest BCUT2D eigenvalue weighted by atomic mass is 10.1. The molecule has 1 N–H and O–H groups in total. The van der Waals surface area contributed by atoms with Gasteiger partial charge in [-0.2, -0.15) is 0 Å². The van der Waals surface area contributed by atoms with E-state index in [9.17, 15) is 0 Å². The minimum absolute atomic E-state index is 0.776. The summed E-state index contributed by atoms with van der Waals surface area (Å²) >= 11 is 5.09. The van der Waals surface area contributed by atoms with Crippen molar-refractivity contribution in [2.45, 2.75) is 0 Å². The van der Waals surface area contributed by atoms with E-state index in [1.165, 1.54) is 0 Å². The number of nitrogens with one attached hydrogen (secondary N) is 1. The van der Waals surface area contributed by atoms with Crippen molar-refractivity contribution in [3.8, 4) is 0 Å². The molecule has 0 fully saturated rings. The first-order valence-electron chi connectivity index (χ1n) is 4.71. The molecule has 0 atom stereocenters. The average Bonchev–Trinajstić information content (AvgIpc) is 2.28. The first kappa shape index (κ1) is 8.56. The van der Waals surface area contributed by atoms with Crippen LogP contribution in [0, 0.1) is 4.51 Å². The topological polar surface area (TPSA) is 28.7 Å². The highest BCUT2D eigenvalue weighted by molar-refractivity contribution is 7.71. The van der Waals surface area contributed by atoms with E-state index in [1.807, 2.05) is 24.4 Å². The molecule has 0 spiro atoms. The normalized spacial score (nSPS) is 10.9. The Morgan fingerprint density at radius 2 is 2.00 bits per heavy atom. The van der Waals surface area contributed by atoms with Gasteiger partial charge in [-0.1, -0.05) is 30.4 Å². The van der Waals surface area contributed by atoms with Crippen molar-refractivity contribution in [3.63, 3.8) is 0 Å². The molecular weight excluding hydrogens is 204 g/mol. The Bertz CT molecular complexity index is 700. The van der Waals surface area contributed by atoms with Gasteiger partial charge < -0.3 is 4.98 Å². The van der Waals surface area contributed by atoms with Gasteiger partial charge in [0.25, 0.3) is 0 Å². The highest BCUT2D eigenvalue weighted by atomic mass is 32.1. The Morgan fingerprint density at radius 3 is 2.93 bits per heavy atom. The summed E-state index contributed by atoms with van der Waals surface area (Å²) in [6, 6.07) is 10.1. The molecule has 0 aliphatic heterocycles. The summed E-state index contributed by atoms with van der Waals surface area (Å²) in [4.78, 5) is 7.59. The van der Waals surface area contributed by atoms with Crippen LogP contribution in [0.5, 0.6) is 0 Å². The number of pyridine rings is 2. The quantitative estimate of drug-likeness (QED) is 0.456. The lowest BCUT2D eigenvalue weighted by molar-refractivity contribution is 1.37. The Balaban J connectivity index is 2.60. The molecule has 0 bridgehead atoms. The van der Waals surface area contributed by atoms with Crippen LogP contribution in [0.25, 0.3) is 21.8 Å². The Labute approximate surface area is 91.6 Å². The number of benzene rings is 1. The van der Waals surface area contributed by atoms with Gasteiger partial charge in [-0.15, -0.1) is 0 Å². The number of rotatable bonds is 0. The third-order valence-corrected chi connectivity index (χ3v) is 2.68. The van der Waals surface area contributed by atoms with Crippen molar-refractivity contribution in [2.24, 2.45) is 0 Å². The van der Waals surface area contributed by atoms with E-state index in [0.29, 0.717) is 0 Å². The lowest BCUT2D eigenvalue weighted by Crippen LogP contribution is -1.84. The number of aromatic amines is 1. The summed E-state index contributed by atoms with van der Waals surface area (Å²) in [5, 5.41) is 2.24. The van der Waals surface area contributed by atoms with Gasteiger partial charge in [0.05, 0.1) is 15.5 Å². The molecule has 0 saturated heterocycles. The van der Waals surface area contributed by atoms with Crippen LogP contribution in [0.1, 0.15) is 0 Å². The molecule has 3 heteroatoms. The molecule has 72 valence electrons. The van der Waals surface area contributed by atoms with Crippen molar-refractivity contribution < 1.29 is 0 Å². The van der Waals surface area contributed by atoms with E-state index in [1.54, 1.807) is 6.20 Å². The predicted octanol–water partition coefficient (Wildman–Crippen LogP) is 3.45. The van der Waals surface area contributed by atoms with Crippen LogP contribution >= 0.6 is 12.2 Å². The Hall–Kier alpha value is -1.74. The van der Waals surface area contributed by atoms with E-state index < -0.39 is 0 Å². The lowest BCUT2D eigenvalue weighted by Gasteiger charge is -2.01. The fraction of sp³-hybridized carbons (Fsp3) is 0. The standard InChI is InChI=1S/C12H8N2S/c15-10-6-9-4-3-8-2-1-5-13-11(8)12(9)14-7-10/h1-7,13H. The maximum absolute atomic E-state index is 5.09. The molecule has 0 amide bonds. The summed E-state index contributed by atoms with van der Waals surface area (Å²) in [6.07, 6.45) is 3.63. The van der Waals surface area contributed by atoms with E-state index in [0.717, 1.165) is 26.3 Å². The zero-order chi connectivity index (χ0) is 10.3. The molecule has 3 aromatic rings.